The summed E-state index contributed by atoms with van der Waals surface area (Å²) in [5.41, 5.74) is 0.885. The summed E-state index contributed by atoms with van der Waals surface area (Å²) in [4.78, 5) is 28.0. The normalized spacial score (nSPS) is 25.1. The second kappa shape index (κ2) is 8.30. The molecule has 1 aromatic rings. The molecule has 2 heterocycles. The van der Waals surface area contributed by atoms with E-state index in [-0.39, 0.29) is 17.4 Å². The van der Waals surface area contributed by atoms with Crippen molar-refractivity contribution >= 4 is 11.8 Å². The maximum atomic E-state index is 11.8. The van der Waals surface area contributed by atoms with Gasteiger partial charge in [-0.1, -0.05) is 12.1 Å². The second-order valence-electron chi connectivity index (χ2n) is 8.02. The predicted molar refractivity (Wildman–Crippen MR) is 105 cm³/mol. The zero-order valence-corrected chi connectivity index (χ0v) is 16.7. The molecule has 148 valence electrons. The number of amides is 2. The Kier molecular flexibility index (Phi) is 6.05. The number of benzene rings is 1. The molecule has 0 bridgehead atoms. The van der Waals surface area contributed by atoms with E-state index in [4.69, 9.17) is 4.74 Å². The summed E-state index contributed by atoms with van der Waals surface area (Å²) >= 11 is 0. The first-order valence-corrected chi connectivity index (χ1v) is 9.84. The molecule has 2 fully saturated rings. The largest absolute Gasteiger partial charge is 0.494 e. The Morgan fingerprint density at radius 2 is 2.11 bits per heavy atom. The summed E-state index contributed by atoms with van der Waals surface area (Å²) in [6.07, 6.45) is 1.88. The number of fused-ring (bicyclic) bond motifs is 1. The predicted octanol–water partition coefficient (Wildman–Crippen LogP) is 1.82. The van der Waals surface area contributed by atoms with Crippen molar-refractivity contribution in [1.29, 1.82) is 0 Å². The fourth-order valence-corrected chi connectivity index (χ4v) is 4.51. The van der Waals surface area contributed by atoms with Crippen LogP contribution in [0.2, 0.25) is 0 Å². The number of carbonyl (C=O) groups excluding carboxylic acids is 2. The van der Waals surface area contributed by atoms with E-state index in [1.165, 1.54) is 5.56 Å². The van der Waals surface area contributed by atoms with E-state index in [9.17, 15) is 9.59 Å². The number of nitrogens with one attached hydrogen (secondary N) is 1. The van der Waals surface area contributed by atoms with Crippen LogP contribution < -0.4 is 10.1 Å². The minimum absolute atomic E-state index is 0.0185. The fraction of sp³-hybridized carbons (Fsp3) is 0.619. The van der Waals surface area contributed by atoms with Gasteiger partial charge in [-0.15, -0.1) is 0 Å². The van der Waals surface area contributed by atoms with E-state index in [2.05, 4.69) is 23.2 Å². The van der Waals surface area contributed by atoms with Crippen molar-refractivity contribution in [2.45, 2.75) is 39.2 Å². The molecule has 27 heavy (non-hydrogen) atoms. The van der Waals surface area contributed by atoms with Crippen molar-refractivity contribution in [2.75, 3.05) is 39.3 Å². The van der Waals surface area contributed by atoms with Gasteiger partial charge in [0.2, 0.25) is 11.8 Å². The number of piperidine rings is 1. The average Bonchev–Trinajstić information content (AvgIpc) is 2.95. The first kappa shape index (κ1) is 19.7. The molecule has 3 rings (SSSR count). The highest BCUT2D eigenvalue weighted by Gasteiger charge is 2.50. The Hall–Kier alpha value is -2.08. The zero-order valence-electron chi connectivity index (χ0n) is 16.7. The Morgan fingerprint density at radius 3 is 2.81 bits per heavy atom. The highest BCUT2D eigenvalue weighted by Crippen LogP contribution is 2.35. The smallest absolute Gasteiger partial charge is 0.219 e. The van der Waals surface area contributed by atoms with Gasteiger partial charge in [0.25, 0.3) is 0 Å². The molecule has 0 radical (unpaired) electrons. The Balaban J connectivity index is 1.54. The van der Waals surface area contributed by atoms with Crippen LogP contribution in [0.4, 0.5) is 0 Å². The van der Waals surface area contributed by atoms with Gasteiger partial charge >= 0.3 is 0 Å². The number of likely N-dealkylation sites (tertiary alicyclic amines) is 2. The van der Waals surface area contributed by atoms with Gasteiger partial charge in [-0.2, -0.15) is 0 Å². The fourth-order valence-electron chi connectivity index (χ4n) is 4.51. The Bertz CT molecular complexity index is 693. The first-order chi connectivity index (χ1) is 12.9. The van der Waals surface area contributed by atoms with E-state index in [0.29, 0.717) is 19.1 Å². The van der Waals surface area contributed by atoms with Crippen LogP contribution in [0.15, 0.2) is 24.3 Å². The number of carbonyl (C=O) groups is 2. The third-order valence-electron chi connectivity index (χ3n) is 5.73. The van der Waals surface area contributed by atoms with Gasteiger partial charge in [-0.25, -0.2) is 0 Å². The Labute approximate surface area is 161 Å². The second-order valence-corrected chi connectivity index (χ2v) is 8.02. The molecule has 0 saturated carbocycles. The van der Waals surface area contributed by atoms with Crippen LogP contribution in [-0.2, 0) is 9.59 Å². The zero-order chi connectivity index (χ0) is 19.4. The molecule has 0 spiro atoms. The number of hydrogen-bond donors (Lipinski definition) is 1. The van der Waals surface area contributed by atoms with Gasteiger partial charge in [0.1, 0.15) is 5.75 Å². The van der Waals surface area contributed by atoms with Crippen LogP contribution >= 0.6 is 0 Å². The van der Waals surface area contributed by atoms with Gasteiger partial charge < -0.3 is 19.9 Å². The molecule has 1 N–H and O–H groups in total. The molecule has 2 aliphatic heterocycles. The van der Waals surface area contributed by atoms with Crippen LogP contribution in [0.1, 0.15) is 32.3 Å². The number of rotatable bonds is 6. The maximum Gasteiger partial charge on any atom is 0.219 e. The summed E-state index contributed by atoms with van der Waals surface area (Å²) < 4.78 is 5.85. The van der Waals surface area contributed by atoms with Crippen LogP contribution in [0.3, 0.4) is 0 Å². The van der Waals surface area contributed by atoms with Crippen LogP contribution in [0.25, 0.3) is 0 Å². The summed E-state index contributed by atoms with van der Waals surface area (Å²) in [6, 6.07) is 8.10. The summed E-state index contributed by atoms with van der Waals surface area (Å²) in [6.45, 7) is 10.0. The van der Waals surface area contributed by atoms with Crippen LogP contribution in [-0.4, -0.2) is 66.5 Å². The van der Waals surface area contributed by atoms with Crippen molar-refractivity contribution < 1.29 is 14.3 Å². The SMILES string of the molecule is CC(=O)N[C@]12CN(CCCOc3cccc(C)c3)C[C@H]1CCN(C(C)=O)C2. The number of ether oxygens (including phenoxy) is 1. The molecule has 2 aliphatic rings. The first-order valence-electron chi connectivity index (χ1n) is 9.84. The molecule has 0 unspecified atom stereocenters. The molecule has 6 heteroatoms. The topological polar surface area (TPSA) is 61.9 Å². The molecule has 1 aromatic carbocycles. The molecule has 2 saturated heterocycles. The van der Waals surface area contributed by atoms with Gasteiger partial charge in [0.05, 0.1) is 12.1 Å². The number of hydrogen-bond acceptors (Lipinski definition) is 4. The van der Waals surface area contributed by atoms with Crippen LogP contribution in [0, 0.1) is 12.8 Å². The van der Waals surface area contributed by atoms with E-state index >= 15 is 0 Å². The van der Waals surface area contributed by atoms with Gasteiger partial charge in [0, 0.05) is 46.6 Å². The number of aryl methyl sites for hydroxylation is 1. The summed E-state index contributed by atoms with van der Waals surface area (Å²) in [5.74, 6) is 1.38. The monoisotopic (exact) mass is 373 g/mol. The lowest BCUT2D eigenvalue weighted by Gasteiger charge is -2.44. The summed E-state index contributed by atoms with van der Waals surface area (Å²) in [7, 11) is 0. The van der Waals surface area contributed by atoms with E-state index < -0.39 is 0 Å². The average molecular weight is 373 g/mol. The lowest BCUT2D eigenvalue weighted by Crippen LogP contribution is -2.64. The molecule has 0 aromatic heterocycles. The van der Waals surface area contributed by atoms with Crippen molar-refractivity contribution in [3.8, 4) is 5.75 Å². The highest BCUT2D eigenvalue weighted by atomic mass is 16.5. The highest BCUT2D eigenvalue weighted by molar-refractivity contribution is 5.75. The molecule has 2 amide bonds. The molecule has 2 atom stereocenters. The summed E-state index contributed by atoms with van der Waals surface area (Å²) in [5, 5.41) is 3.19. The lowest BCUT2D eigenvalue weighted by molar-refractivity contribution is -0.133. The van der Waals surface area contributed by atoms with E-state index in [0.717, 1.165) is 44.8 Å². The lowest BCUT2D eigenvalue weighted by atomic mass is 9.81. The van der Waals surface area contributed by atoms with Crippen molar-refractivity contribution in [3.63, 3.8) is 0 Å². The molecular formula is C21H31N3O3. The van der Waals surface area contributed by atoms with Crippen LogP contribution in [0.5, 0.6) is 5.75 Å². The minimum atomic E-state index is -0.312. The van der Waals surface area contributed by atoms with E-state index in [1.54, 1.807) is 13.8 Å². The standard InChI is InChI=1S/C21H31N3O3/c1-16-6-4-7-20(12-16)27-11-5-9-23-13-19-8-10-24(18(3)26)15-21(19,14-23)22-17(2)25/h4,6-7,12,19H,5,8-11,13-15H2,1-3H3,(H,22,25)/t19-,21+/m1/s1. The quantitative estimate of drug-likeness (QED) is 0.773. The van der Waals surface area contributed by atoms with Crippen molar-refractivity contribution in [1.82, 2.24) is 15.1 Å². The molecule has 6 nitrogen and oxygen atoms in total. The molecule has 0 aliphatic carbocycles. The van der Waals surface area contributed by atoms with Gasteiger partial charge in [-0.3, -0.25) is 9.59 Å². The van der Waals surface area contributed by atoms with E-state index in [1.807, 2.05) is 23.1 Å². The Morgan fingerprint density at radius 1 is 1.30 bits per heavy atom. The maximum absolute atomic E-state index is 11.8. The van der Waals surface area contributed by atoms with Crippen molar-refractivity contribution in [2.24, 2.45) is 5.92 Å². The number of nitrogens with zero attached hydrogens (tertiary/aromatic N) is 2. The third-order valence-corrected chi connectivity index (χ3v) is 5.73. The van der Waals surface area contributed by atoms with Crippen molar-refractivity contribution in [3.05, 3.63) is 29.8 Å². The molecular weight excluding hydrogens is 342 g/mol. The van der Waals surface area contributed by atoms with Gasteiger partial charge in [0.15, 0.2) is 0 Å². The minimum Gasteiger partial charge on any atom is -0.494 e. The van der Waals surface area contributed by atoms with Gasteiger partial charge in [-0.05, 0) is 43.4 Å². The third kappa shape index (κ3) is 4.80.